The van der Waals surface area contributed by atoms with Crippen LogP contribution in [-0.2, 0) is 58.7 Å². The van der Waals surface area contributed by atoms with E-state index in [2.05, 4.69) is 10.6 Å². The number of carbonyl (C=O) groups is 4. The van der Waals surface area contributed by atoms with E-state index in [4.69, 9.17) is 38.1 Å². The Balaban J connectivity index is 0.989. The Kier molecular flexibility index (Phi) is 10.1. The number of carboxylic acid groups (broad SMARTS) is 1. The van der Waals surface area contributed by atoms with Crippen molar-refractivity contribution in [2.24, 2.45) is 0 Å². The second-order valence-electron chi connectivity index (χ2n) is 15.3. The standard InChI is InChI=1S/C41H40N4O16/c1-3-41(61-40(54)56-14-17-4-7-26(24(8-17)43-29(46)12-42-2)59-38-34(49)32(47)33(48)35(60-38)37(51)52)22-10-25-31-20(13-45(25)36(50)21(22)15-55-39(41)53)30(18-5-6-18)19-9-27-28(58-16-57-27)11-23(19)44-31/h4,7-11,18,32-35,38,42,47-49H,3,5-6,12-16H2,1-2H3,(H,43,46)(H,51,52)/t32-,33-,34?,35?,38+,41-/m0/s1. The first kappa shape index (κ1) is 40.1. The third kappa shape index (κ3) is 6.85. The Morgan fingerprint density at radius 2 is 1.75 bits per heavy atom. The third-order valence-corrected chi connectivity index (χ3v) is 11.5. The molecule has 6 heterocycles. The van der Waals surface area contributed by atoms with Gasteiger partial charge in [-0.05, 0) is 67.6 Å². The van der Waals surface area contributed by atoms with Crippen molar-refractivity contribution >= 4 is 40.6 Å². The molecule has 20 heteroatoms. The lowest BCUT2D eigenvalue weighted by Gasteiger charge is -2.38. The molecule has 2 unspecified atom stereocenters. The number of nitrogens with zero attached hydrogens (tertiary/aromatic N) is 2. The van der Waals surface area contributed by atoms with E-state index in [9.17, 15) is 44.4 Å². The van der Waals surface area contributed by atoms with Crippen LogP contribution in [0.25, 0.3) is 22.3 Å². The largest absolute Gasteiger partial charge is 0.510 e. The number of esters is 1. The lowest BCUT2D eigenvalue weighted by Crippen LogP contribution is -2.61. The fourth-order valence-electron chi connectivity index (χ4n) is 8.31. The minimum absolute atomic E-state index is 0.0288. The van der Waals surface area contributed by atoms with Crippen LogP contribution in [0.1, 0.15) is 59.9 Å². The molecule has 2 fully saturated rings. The number of hydrogen-bond acceptors (Lipinski definition) is 17. The van der Waals surface area contributed by atoms with Gasteiger partial charge in [0.2, 0.25) is 24.6 Å². The molecule has 1 saturated carbocycles. The van der Waals surface area contributed by atoms with E-state index in [-0.39, 0.29) is 67.0 Å². The molecular weight excluding hydrogens is 804 g/mol. The molecule has 9 rings (SSSR count). The number of aliphatic hydroxyl groups excluding tert-OH is 3. The molecule has 4 aliphatic heterocycles. The average molecular weight is 845 g/mol. The van der Waals surface area contributed by atoms with Gasteiger partial charge < -0.3 is 68.8 Å². The van der Waals surface area contributed by atoms with Crippen LogP contribution in [0.4, 0.5) is 10.5 Å². The molecule has 6 N–H and O–H groups in total. The molecule has 1 aliphatic carbocycles. The van der Waals surface area contributed by atoms with Crippen molar-refractivity contribution in [2.45, 2.75) is 88.2 Å². The SMILES string of the molecule is CC[C@@]1(OC(=O)OCc2ccc(O[C@@H]3OC(C(=O)O)[C@@H](O)[C@H](O)C3O)c(NC(=O)CNC)c2)C(=O)OCc2c1cc1n(c2=O)Cc2c-1nc1cc3c(cc1c2C1CC1)OCO3. The summed E-state index contributed by atoms with van der Waals surface area (Å²) in [4.78, 5) is 70.7. The van der Waals surface area contributed by atoms with Crippen molar-refractivity contribution in [1.29, 1.82) is 0 Å². The Bertz CT molecular complexity index is 2570. The summed E-state index contributed by atoms with van der Waals surface area (Å²) in [6.07, 6.45) is -8.96. The molecule has 320 valence electrons. The van der Waals surface area contributed by atoms with Crippen molar-refractivity contribution in [3.05, 3.63) is 74.6 Å². The summed E-state index contributed by atoms with van der Waals surface area (Å²) in [6.45, 7) is 1.00. The summed E-state index contributed by atoms with van der Waals surface area (Å²) in [7, 11) is 1.53. The Morgan fingerprint density at radius 1 is 0.984 bits per heavy atom. The molecule has 0 spiro atoms. The van der Waals surface area contributed by atoms with Gasteiger partial charge in [-0.15, -0.1) is 0 Å². The maximum absolute atomic E-state index is 14.2. The van der Waals surface area contributed by atoms with E-state index >= 15 is 0 Å². The van der Waals surface area contributed by atoms with Gasteiger partial charge in [0.25, 0.3) is 5.56 Å². The molecule has 61 heavy (non-hydrogen) atoms. The zero-order valence-electron chi connectivity index (χ0n) is 32.7. The summed E-state index contributed by atoms with van der Waals surface area (Å²) < 4.78 is 40.6. The average Bonchev–Trinajstić information content (AvgIpc) is 3.86. The zero-order chi connectivity index (χ0) is 42.9. The van der Waals surface area contributed by atoms with E-state index in [1.807, 2.05) is 12.1 Å². The summed E-state index contributed by atoms with van der Waals surface area (Å²) in [5, 5.41) is 46.5. The van der Waals surface area contributed by atoms with Crippen LogP contribution in [0.15, 0.2) is 41.2 Å². The number of aliphatic carboxylic acids is 1. The van der Waals surface area contributed by atoms with E-state index in [1.165, 1.54) is 25.2 Å². The highest BCUT2D eigenvalue weighted by Gasteiger charge is 2.52. The van der Waals surface area contributed by atoms with Crippen molar-refractivity contribution < 1.29 is 72.8 Å². The van der Waals surface area contributed by atoms with E-state index < -0.39 is 72.5 Å². The minimum atomic E-state index is -2.07. The van der Waals surface area contributed by atoms with Gasteiger partial charge in [-0.3, -0.25) is 9.59 Å². The van der Waals surface area contributed by atoms with Crippen LogP contribution in [0, 0.1) is 0 Å². The van der Waals surface area contributed by atoms with Crippen LogP contribution in [0.2, 0.25) is 0 Å². The quantitative estimate of drug-likeness (QED) is 0.103. The number of amides is 1. The molecule has 5 aliphatic rings. The number of aromatic nitrogens is 2. The molecular formula is C41H40N4O16. The topological polar surface area (TPSA) is 273 Å². The van der Waals surface area contributed by atoms with Crippen LogP contribution in [0.5, 0.6) is 17.2 Å². The van der Waals surface area contributed by atoms with Crippen molar-refractivity contribution in [2.75, 3.05) is 25.7 Å². The highest BCUT2D eigenvalue weighted by molar-refractivity contribution is 5.94. The van der Waals surface area contributed by atoms with Crippen molar-refractivity contribution in [1.82, 2.24) is 14.9 Å². The maximum atomic E-state index is 14.2. The molecule has 6 atom stereocenters. The number of carbonyl (C=O) groups excluding carboxylic acids is 3. The predicted molar refractivity (Wildman–Crippen MR) is 206 cm³/mol. The number of fused-ring (bicyclic) bond motifs is 6. The van der Waals surface area contributed by atoms with Gasteiger partial charge in [-0.1, -0.05) is 13.0 Å². The van der Waals surface area contributed by atoms with E-state index in [0.29, 0.717) is 28.4 Å². The number of aliphatic hydroxyl groups is 3. The fraction of sp³-hybridized carbons (Fsp3) is 0.415. The number of nitrogens with one attached hydrogen (secondary N) is 2. The number of pyridine rings is 2. The van der Waals surface area contributed by atoms with Gasteiger partial charge in [0, 0.05) is 22.6 Å². The van der Waals surface area contributed by atoms with Crippen LogP contribution in [-0.4, -0.2) is 105 Å². The summed E-state index contributed by atoms with van der Waals surface area (Å²) in [6, 6.07) is 9.47. The zero-order valence-corrected chi connectivity index (χ0v) is 32.7. The number of ether oxygens (including phenoxy) is 7. The molecule has 1 saturated heterocycles. The predicted octanol–water partition coefficient (Wildman–Crippen LogP) is 1.48. The Hall–Kier alpha value is -6.32. The van der Waals surface area contributed by atoms with E-state index in [0.717, 1.165) is 29.4 Å². The second kappa shape index (κ2) is 15.3. The van der Waals surface area contributed by atoms with Crippen LogP contribution >= 0.6 is 0 Å². The molecule has 2 aromatic carbocycles. The minimum Gasteiger partial charge on any atom is -0.479 e. The lowest BCUT2D eigenvalue weighted by atomic mass is 9.85. The van der Waals surface area contributed by atoms with Crippen LogP contribution < -0.4 is 30.4 Å². The monoisotopic (exact) mass is 844 g/mol. The number of hydrogen-bond donors (Lipinski definition) is 6. The highest BCUT2D eigenvalue weighted by Crippen LogP contribution is 2.51. The highest BCUT2D eigenvalue weighted by atomic mass is 16.7. The van der Waals surface area contributed by atoms with Crippen LogP contribution in [0.3, 0.4) is 0 Å². The number of benzene rings is 2. The molecule has 0 radical (unpaired) electrons. The van der Waals surface area contributed by atoms with Gasteiger partial charge in [-0.2, -0.15) is 0 Å². The lowest BCUT2D eigenvalue weighted by molar-refractivity contribution is -0.271. The van der Waals surface area contributed by atoms with Gasteiger partial charge in [0.05, 0.1) is 41.2 Å². The van der Waals surface area contributed by atoms with Gasteiger partial charge in [0.1, 0.15) is 37.3 Å². The van der Waals surface area contributed by atoms with Gasteiger partial charge in [-0.25, -0.2) is 19.4 Å². The fourth-order valence-corrected chi connectivity index (χ4v) is 8.31. The number of anilines is 1. The second-order valence-corrected chi connectivity index (χ2v) is 15.3. The first-order valence-corrected chi connectivity index (χ1v) is 19.5. The molecule has 1 amide bonds. The smallest absolute Gasteiger partial charge is 0.479 e. The molecule has 4 aromatic rings. The van der Waals surface area contributed by atoms with Gasteiger partial charge >= 0.3 is 18.1 Å². The Morgan fingerprint density at radius 3 is 2.48 bits per heavy atom. The molecule has 20 nitrogen and oxygen atoms in total. The molecule has 0 bridgehead atoms. The van der Waals surface area contributed by atoms with Gasteiger partial charge in [0.15, 0.2) is 17.6 Å². The number of carboxylic acids is 1. The Labute approximate surface area is 344 Å². The maximum Gasteiger partial charge on any atom is 0.510 e. The first-order chi connectivity index (χ1) is 29.3. The van der Waals surface area contributed by atoms with Crippen molar-refractivity contribution in [3.63, 3.8) is 0 Å². The summed E-state index contributed by atoms with van der Waals surface area (Å²) in [5.74, 6) is -1.74. The summed E-state index contributed by atoms with van der Waals surface area (Å²) >= 11 is 0. The van der Waals surface area contributed by atoms with Crippen molar-refractivity contribution in [3.8, 4) is 28.6 Å². The normalized spacial score (nSPS) is 24.6. The number of rotatable bonds is 11. The summed E-state index contributed by atoms with van der Waals surface area (Å²) in [5.41, 5.74) is 1.72. The first-order valence-electron chi connectivity index (χ1n) is 19.5. The van der Waals surface area contributed by atoms with E-state index in [1.54, 1.807) is 17.6 Å². The number of cyclic esters (lactones) is 1. The third-order valence-electron chi connectivity index (χ3n) is 11.5. The molecule has 2 aromatic heterocycles. The number of likely N-dealkylation sites (N-methyl/N-ethyl adjacent to an activating group) is 1.